The summed E-state index contributed by atoms with van der Waals surface area (Å²) in [6, 6.07) is 2.84. The third kappa shape index (κ3) is 7.39. The van der Waals surface area contributed by atoms with E-state index in [0.717, 1.165) is 25.3 Å². The van der Waals surface area contributed by atoms with Gasteiger partial charge in [-0.1, -0.05) is 27.2 Å². The number of unbranched alkanes of at least 4 members (excludes halogenated alkanes) is 2. The highest BCUT2D eigenvalue weighted by atomic mass is 14.9. The summed E-state index contributed by atoms with van der Waals surface area (Å²) in [5.41, 5.74) is 0. The second-order valence-corrected chi connectivity index (χ2v) is 4.35. The highest BCUT2D eigenvalue weighted by Gasteiger charge is 2.12. The van der Waals surface area contributed by atoms with Crippen molar-refractivity contribution >= 4 is 0 Å². The van der Waals surface area contributed by atoms with Crippen molar-refractivity contribution in [2.24, 2.45) is 5.92 Å². The molecule has 0 aromatic rings. The van der Waals surface area contributed by atoms with Crippen LogP contribution >= 0.6 is 0 Å². The molecule has 2 unspecified atom stereocenters. The third-order valence-corrected chi connectivity index (χ3v) is 2.99. The Labute approximate surface area is 95.1 Å². The minimum atomic E-state index is 0.659. The molecule has 0 aromatic heterocycles. The molecular formula is C13H26N2. The number of nitriles is 1. The summed E-state index contributed by atoms with van der Waals surface area (Å²) in [5, 5.41) is 12.0. The van der Waals surface area contributed by atoms with Crippen LogP contribution in [0, 0.1) is 17.2 Å². The Morgan fingerprint density at radius 1 is 1.27 bits per heavy atom. The van der Waals surface area contributed by atoms with Crippen LogP contribution in [0.3, 0.4) is 0 Å². The molecular weight excluding hydrogens is 184 g/mol. The van der Waals surface area contributed by atoms with E-state index in [1.165, 1.54) is 19.3 Å². The van der Waals surface area contributed by atoms with Crippen LogP contribution in [0.25, 0.3) is 0 Å². The molecule has 0 radical (unpaired) electrons. The van der Waals surface area contributed by atoms with Crippen molar-refractivity contribution in [3.05, 3.63) is 0 Å². The lowest BCUT2D eigenvalue weighted by Crippen LogP contribution is -2.35. The molecule has 0 fully saturated rings. The first kappa shape index (κ1) is 14.5. The SMILES string of the molecule is CCCC(C)C(CC)NCCCCC#N. The number of hydrogen-bond donors (Lipinski definition) is 1. The van der Waals surface area contributed by atoms with Gasteiger partial charge in [-0.25, -0.2) is 0 Å². The molecule has 88 valence electrons. The fourth-order valence-corrected chi connectivity index (χ4v) is 2.02. The molecule has 2 heteroatoms. The summed E-state index contributed by atoms with van der Waals surface area (Å²) < 4.78 is 0. The first-order valence-corrected chi connectivity index (χ1v) is 6.36. The van der Waals surface area contributed by atoms with E-state index in [2.05, 4.69) is 32.2 Å². The molecule has 0 aromatic carbocycles. The van der Waals surface area contributed by atoms with Gasteiger partial charge in [0.15, 0.2) is 0 Å². The maximum atomic E-state index is 8.41. The zero-order chi connectivity index (χ0) is 11.5. The Morgan fingerprint density at radius 3 is 2.53 bits per heavy atom. The van der Waals surface area contributed by atoms with Gasteiger partial charge in [-0.05, 0) is 38.1 Å². The van der Waals surface area contributed by atoms with E-state index in [0.29, 0.717) is 12.5 Å². The summed E-state index contributed by atoms with van der Waals surface area (Å²) in [4.78, 5) is 0. The molecule has 0 saturated carbocycles. The fraction of sp³-hybridized carbons (Fsp3) is 0.923. The maximum absolute atomic E-state index is 8.41. The Bertz CT molecular complexity index is 172. The van der Waals surface area contributed by atoms with Crippen LogP contribution in [0.2, 0.25) is 0 Å². The molecule has 0 amide bonds. The third-order valence-electron chi connectivity index (χ3n) is 2.99. The highest BCUT2D eigenvalue weighted by molar-refractivity contribution is 4.73. The van der Waals surface area contributed by atoms with Crippen molar-refractivity contribution in [3.63, 3.8) is 0 Å². The van der Waals surface area contributed by atoms with Crippen LogP contribution in [0.15, 0.2) is 0 Å². The average Bonchev–Trinajstić information content (AvgIpc) is 2.23. The van der Waals surface area contributed by atoms with Gasteiger partial charge in [-0.2, -0.15) is 5.26 Å². The Morgan fingerprint density at radius 2 is 2.00 bits per heavy atom. The quantitative estimate of drug-likeness (QED) is 0.591. The van der Waals surface area contributed by atoms with E-state index >= 15 is 0 Å². The fourth-order valence-electron chi connectivity index (χ4n) is 2.02. The summed E-state index contributed by atoms with van der Waals surface area (Å²) in [6.45, 7) is 7.89. The predicted molar refractivity (Wildman–Crippen MR) is 65.6 cm³/mol. The second-order valence-electron chi connectivity index (χ2n) is 4.35. The van der Waals surface area contributed by atoms with E-state index in [4.69, 9.17) is 5.26 Å². The van der Waals surface area contributed by atoms with Crippen LogP contribution in [0.5, 0.6) is 0 Å². The van der Waals surface area contributed by atoms with Crippen LogP contribution in [0.4, 0.5) is 0 Å². The zero-order valence-corrected chi connectivity index (χ0v) is 10.6. The first-order chi connectivity index (χ1) is 7.26. The Hall–Kier alpha value is -0.550. The van der Waals surface area contributed by atoms with Crippen molar-refractivity contribution in [1.82, 2.24) is 5.32 Å². The lowest BCUT2D eigenvalue weighted by Gasteiger charge is -2.23. The molecule has 0 rings (SSSR count). The summed E-state index contributed by atoms with van der Waals surface area (Å²) >= 11 is 0. The van der Waals surface area contributed by atoms with Crippen molar-refractivity contribution in [1.29, 1.82) is 5.26 Å². The molecule has 2 nitrogen and oxygen atoms in total. The summed E-state index contributed by atoms with van der Waals surface area (Å²) in [5.74, 6) is 0.774. The van der Waals surface area contributed by atoms with E-state index in [-0.39, 0.29) is 0 Å². The smallest absolute Gasteiger partial charge is 0.0621 e. The molecule has 0 spiro atoms. The number of rotatable bonds is 9. The Balaban J connectivity index is 3.57. The average molecular weight is 210 g/mol. The molecule has 2 atom stereocenters. The largest absolute Gasteiger partial charge is 0.314 e. The van der Waals surface area contributed by atoms with Crippen molar-refractivity contribution in [3.8, 4) is 6.07 Å². The molecule has 0 aliphatic rings. The van der Waals surface area contributed by atoms with Gasteiger partial charge >= 0.3 is 0 Å². The molecule has 0 bridgehead atoms. The molecule has 0 heterocycles. The minimum absolute atomic E-state index is 0.659. The van der Waals surface area contributed by atoms with E-state index in [1.54, 1.807) is 0 Å². The highest BCUT2D eigenvalue weighted by Crippen LogP contribution is 2.13. The van der Waals surface area contributed by atoms with Gasteiger partial charge in [0.2, 0.25) is 0 Å². The van der Waals surface area contributed by atoms with Crippen molar-refractivity contribution in [2.45, 2.75) is 65.3 Å². The molecule has 15 heavy (non-hydrogen) atoms. The Kier molecular flexibility index (Phi) is 9.62. The standard InChI is InChI=1S/C13H26N2/c1-4-9-12(3)13(5-2)15-11-8-6-7-10-14/h12-13,15H,4-9,11H2,1-3H3. The molecule has 0 aliphatic heterocycles. The van der Waals surface area contributed by atoms with Crippen molar-refractivity contribution < 1.29 is 0 Å². The van der Waals surface area contributed by atoms with E-state index < -0.39 is 0 Å². The minimum Gasteiger partial charge on any atom is -0.314 e. The van der Waals surface area contributed by atoms with Gasteiger partial charge in [0.05, 0.1) is 6.07 Å². The summed E-state index contributed by atoms with van der Waals surface area (Å²) in [6.07, 6.45) is 6.64. The lowest BCUT2D eigenvalue weighted by atomic mass is 9.95. The molecule has 0 aliphatic carbocycles. The lowest BCUT2D eigenvalue weighted by molar-refractivity contribution is 0.343. The van der Waals surface area contributed by atoms with Crippen LogP contribution < -0.4 is 5.32 Å². The van der Waals surface area contributed by atoms with Crippen LogP contribution in [-0.4, -0.2) is 12.6 Å². The topological polar surface area (TPSA) is 35.8 Å². The van der Waals surface area contributed by atoms with Gasteiger partial charge in [0, 0.05) is 12.5 Å². The molecule has 0 saturated heterocycles. The van der Waals surface area contributed by atoms with Crippen LogP contribution in [0.1, 0.15) is 59.3 Å². The van der Waals surface area contributed by atoms with Gasteiger partial charge in [-0.3, -0.25) is 0 Å². The second kappa shape index (κ2) is 9.98. The van der Waals surface area contributed by atoms with E-state index in [1.807, 2.05) is 0 Å². The van der Waals surface area contributed by atoms with Crippen molar-refractivity contribution in [2.75, 3.05) is 6.54 Å². The van der Waals surface area contributed by atoms with Gasteiger partial charge in [-0.15, -0.1) is 0 Å². The van der Waals surface area contributed by atoms with Gasteiger partial charge < -0.3 is 5.32 Å². The van der Waals surface area contributed by atoms with Gasteiger partial charge in [0.25, 0.3) is 0 Å². The normalized spacial score (nSPS) is 14.5. The number of nitrogens with one attached hydrogen (secondary N) is 1. The summed E-state index contributed by atoms with van der Waals surface area (Å²) in [7, 11) is 0. The van der Waals surface area contributed by atoms with Gasteiger partial charge in [0.1, 0.15) is 0 Å². The molecule has 1 N–H and O–H groups in total. The first-order valence-electron chi connectivity index (χ1n) is 6.36. The number of nitrogens with zero attached hydrogens (tertiary/aromatic N) is 1. The zero-order valence-electron chi connectivity index (χ0n) is 10.6. The van der Waals surface area contributed by atoms with Crippen LogP contribution in [-0.2, 0) is 0 Å². The predicted octanol–water partition coefficient (Wildman–Crippen LogP) is 3.48. The monoisotopic (exact) mass is 210 g/mol. The maximum Gasteiger partial charge on any atom is 0.0621 e. The number of hydrogen-bond acceptors (Lipinski definition) is 2. The van der Waals surface area contributed by atoms with E-state index in [9.17, 15) is 0 Å².